The highest BCUT2D eigenvalue weighted by molar-refractivity contribution is 9.10. The Balaban J connectivity index is 1.65. The number of nitrogens with zero attached hydrogens (tertiary/aromatic N) is 2. The number of benzene rings is 2. The van der Waals surface area contributed by atoms with Gasteiger partial charge in [0.1, 0.15) is 5.82 Å². The Hall–Kier alpha value is -1.88. The number of hydrogen-bond donors (Lipinski definition) is 0. The largest absolute Gasteiger partial charge is 0.367 e. The molecule has 1 aliphatic rings. The molecule has 114 valence electrons. The molecular formula is C17H16BrFN2O. The molecule has 1 amide bonds. The van der Waals surface area contributed by atoms with Crippen LogP contribution in [-0.4, -0.2) is 37.0 Å². The lowest BCUT2D eigenvalue weighted by atomic mass is 10.1. The predicted octanol–water partition coefficient (Wildman–Crippen LogP) is 3.55. The lowest BCUT2D eigenvalue weighted by Crippen LogP contribution is -2.48. The van der Waals surface area contributed by atoms with E-state index in [2.05, 4.69) is 26.9 Å². The van der Waals surface area contributed by atoms with Crippen molar-refractivity contribution in [2.45, 2.75) is 0 Å². The summed E-state index contributed by atoms with van der Waals surface area (Å²) < 4.78 is 14.0. The highest BCUT2D eigenvalue weighted by Crippen LogP contribution is 2.26. The second kappa shape index (κ2) is 6.48. The van der Waals surface area contributed by atoms with E-state index in [-0.39, 0.29) is 11.7 Å². The van der Waals surface area contributed by atoms with E-state index in [4.69, 9.17) is 0 Å². The van der Waals surface area contributed by atoms with Crippen molar-refractivity contribution < 1.29 is 9.18 Å². The molecule has 3 nitrogen and oxygen atoms in total. The van der Waals surface area contributed by atoms with Crippen molar-refractivity contribution >= 4 is 27.5 Å². The number of piperazine rings is 1. The zero-order chi connectivity index (χ0) is 15.5. The molecule has 0 aromatic heterocycles. The Bertz CT molecular complexity index is 667. The van der Waals surface area contributed by atoms with Gasteiger partial charge in [0.2, 0.25) is 0 Å². The molecule has 0 N–H and O–H groups in total. The molecule has 0 atom stereocenters. The van der Waals surface area contributed by atoms with Crippen LogP contribution in [0.15, 0.2) is 53.0 Å². The molecule has 2 aromatic rings. The van der Waals surface area contributed by atoms with E-state index < -0.39 is 0 Å². The van der Waals surface area contributed by atoms with Gasteiger partial charge in [-0.25, -0.2) is 4.39 Å². The third kappa shape index (κ3) is 3.14. The first-order chi connectivity index (χ1) is 10.6. The van der Waals surface area contributed by atoms with Crippen LogP contribution in [0.1, 0.15) is 10.4 Å². The van der Waals surface area contributed by atoms with Gasteiger partial charge < -0.3 is 9.80 Å². The summed E-state index contributed by atoms with van der Waals surface area (Å²) in [5.74, 6) is -0.359. The van der Waals surface area contributed by atoms with Crippen LogP contribution in [0.4, 0.5) is 10.1 Å². The molecule has 0 unspecified atom stereocenters. The Morgan fingerprint density at radius 2 is 1.59 bits per heavy atom. The molecular weight excluding hydrogens is 347 g/mol. The van der Waals surface area contributed by atoms with Crippen molar-refractivity contribution in [1.82, 2.24) is 4.90 Å². The van der Waals surface area contributed by atoms with E-state index in [0.717, 1.165) is 23.2 Å². The number of carbonyl (C=O) groups excluding carboxylic acids is 1. The molecule has 0 spiro atoms. The molecule has 0 aliphatic carbocycles. The zero-order valence-electron chi connectivity index (χ0n) is 12.0. The van der Waals surface area contributed by atoms with Crippen molar-refractivity contribution in [3.8, 4) is 0 Å². The lowest BCUT2D eigenvalue weighted by Gasteiger charge is -2.36. The Morgan fingerprint density at radius 1 is 0.955 bits per heavy atom. The maximum Gasteiger partial charge on any atom is 0.253 e. The number of amides is 1. The number of anilines is 1. The topological polar surface area (TPSA) is 23.6 Å². The highest BCUT2D eigenvalue weighted by Gasteiger charge is 2.23. The number of hydrogen-bond acceptors (Lipinski definition) is 2. The minimum atomic E-state index is -0.324. The minimum absolute atomic E-state index is 0.0354. The molecule has 3 rings (SSSR count). The summed E-state index contributed by atoms with van der Waals surface area (Å²) in [5, 5.41) is 0. The number of carbonyl (C=O) groups is 1. The van der Waals surface area contributed by atoms with Gasteiger partial charge in [-0.1, -0.05) is 12.1 Å². The second-order valence-electron chi connectivity index (χ2n) is 5.24. The van der Waals surface area contributed by atoms with Crippen molar-refractivity contribution in [2.75, 3.05) is 31.1 Å². The summed E-state index contributed by atoms with van der Waals surface area (Å²) >= 11 is 3.56. The summed E-state index contributed by atoms with van der Waals surface area (Å²) in [6, 6.07) is 13.8. The van der Waals surface area contributed by atoms with E-state index >= 15 is 0 Å². The molecule has 0 saturated carbocycles. The van der Waals surface area contributed by atoms with E-state index in [1.54, 1.807) is 0 Å². The van der Waals surface area contributed by atoms with Crippen molar-refractivity contribution in [3.05, 3.63) is 64.4 Å². The molecule has 1 fully saturated rings. The van der Waals surface area contributed by atoms with Gasteiger partial charge in [-0.15, -0.1) is 0 Å². The first kappa shape index (κ1) is 15.0. The maximum atomic E-state index is 12.9. The zero-order valence-corrected chi connectivity index (χ0v) is 13.6. The molecule has 22 heavy (non-hydrogen) atoms. The van der Waals surface area contributed by atoms with Gasteiger partial charge in [-0.3, -0.25) is 4.79 Å². The van der Waals surface area contributed by atoms with Crippen molar-refractivity contribution in [1.29, 1.82) is 0 Å². The highest BCUT2D eigenvalue weighted by atomic mass is 79.9. The SMILES string of the molecule is O=C(c1ccc(F)cc1)N1CCN(c2ccccc2Br)CC1. The van der Waals surface area contributed by atoms with Gasteiger partial charge in [0.05, 0.1) is 5.69 Å². The van der Waals surface area contributed by atoms with Crippen molar-refractivity contribution in [2.24, 2.45) is 0 Å². The van der Waals surface area contributed by atoms with E-state index in [1.165, 1.54) is 24.3 Å². The van der Waals surface area contributed by atoms with Crippen LogP contribution in [0.2, 0.25) is 0 Å². The molecule has 0 bridgehead atoms. The van der Waals surface area contributed by atoms with Gasteiger partial charge in [0, 0.05) is 36.2 Å². The van der Waals surface area contributed by atoms with Gasteiger partial charge >= 0.3 is 0 Å². The Morgan fingerprint density at radius 3 is 2.23 bits per heavy atom. The average Bonchev–Trinajstić information content (AvgIpc) is 2.56. The van der Waals surface area contributed by atoms with Crippen LogP contribution in [0.25, 0.3) is 0 Å². The number of halogens is 2. The molecule has 0 radical (unpaired) electrons. The van der Waals surface area contributed by atoms with E-state index in [1.807, 2.05) is 23.1 Å². The fourth-order valence-electron chi connectivity index (χ4n) is 2.63. The van der Waals surface area contributed by atoms with E-state index in [0.29, 0.717) is 18.7 Å². The first-order valence-electron chi connectivity index (χ1n) is 7.19. The summed E-state index contributed by atoms with van der Waals surface area (Å²) in [5.41, 5.74) is 1.69. The fourth-order valence-corrected chi connectivity index (χ4v) is 3.17. The summed E-state index contributed by atoms with van der Waals surface area (Å²) in [6.07, 6.45) is 0. The molecule has 1 heterocycles. The van der Waals surface area contributed by atoms with Gasteiger partial charge in [-0.2, -0.15) is 0 Å². The van der Waals surface area contributed by atoms with Gasteiger partial charge in [0.15, 0.2) is 0 Å². The monoisotopic (exact) mass is 362 g/mol. The summed E-state index contributed by atoms with van der Waals surface area (Å²) in [6.45, 7) is 2.90. The fraction of sp³-hybridized carbons (Fsp3) is 0.235. The first-order valence-corrected chi connectivity index (χ1v) is 7.99. The minimum Gasteiger partial charge on any atom is -0.367 e. The standard InChI is InChI=1S/C17H16BrFN2O/c18-15-3-1-2-4-16(15)20-9-11-21(12-10-20)17(22)13-5-7-14(19)8-6-13/h1-8H,9-12H2. The number of para-hydroxylation sites is 1. The lowest BCUT2D eigenvalue weighted by molar-refractivity contribution is 0.0746. The van der Waals surface area contributed by atoms with Crippen molar-refractivity contribution in [3.63, 3.8) is 0 Å². The Kier molecular flexibility index (Phi) is 4.43. The van der Waals surface area contributed by atoms with Crippen LogP contribution in [0.3, 0.4) is 0 Å². The second-order valence-corrected chi connectivity index (χ2v) is 6.09. The van der Waals surface area contributed by atoms with Crippen LogP contribution in [0, 0.1) is 5.82 Å². The van der Waals surface area contributed by atoms with Crippen LogP contribution >= 0.6 is 15.9 Å². The van der Waals surface area contributed by atoms with Crippen LogP contribution in [0.5, 0.6) is 0 Å². The molecule has 1 aliphatic heterocycles. The van der Waals surface area contributed by atoms with Crippen LogP contribution < -0.4 is 4.90 Å². The summed E-state index contributed by atoms with van der Waals surface area (Å²) in [7, 11) is 0. The van der Waals surface area contributed by atoms with E-state index in [9.17, 15) is 9.18 Å². The molecule has 1 saturated heterocycles. The average molecular weight is 363 g/mol. The van der Waals surface area contributed by atoms with Gasteiger partial charge in [-0.05, 0) is 52.3 Å². The smallest absolute Gasteiger partial charge is 0.253 e. The maximum absolute atomic E-state index is 12.9. The Labute approximate surface area is 137 Å². The van der Waals surface area contributed by atoms with Gasteiger partial charge in [0.25, 0.3) is 5.91 Å². The third-order valence-electron chi connectivity index (χ3n) is 3.85. The molecule has 2 aromatic carbocycles. The predicted molar refractivity (Wildman–Crippen MR) is 88.7 cm³/mol. The van der Waals surface area contributed by atoms with Crippen LogP contribution in [-0.2, 0) is 0 Å². The third-order valence-corrected chi connectivity index (χ3v) is 4.52. The molecule has 5 heteroatoms. The normalized spacial score (nSPS) is 15.0. The summed E-state index contributed by atoms with van der Waals surface area (Å²) in [4.78, 5) is 16.5. The number of rotatable bonds is 2. The quantitative estimate of drug-likeness (QED) is 0.815.